The number of aliphatic hydroxyl groups is 2. The van der Waals surface area contributed by atoms with E-state index in [0.29, 0.717) is 18.3 Å². The molecule has 1 rings (SSSR count). The third kappa shape index (κ3) is 3.25. The van der Waals surface area contributed by atoms with Crippen LogP contribution in [-0.2, 0) is 4.74 Å². The topological polar surface area (TPSA) is 49.7 Å². The van der Waals surface area contributed by atoms with E-state index in [1.54, 1.807) is 0 Å². The number of hydrogen-bond donors (Lipinski definition) is 2. The van der Waals surface area contributed by atoms with Crippen molar-refractivity contribution in [1.29, 1.82) is 0 Å². The van der Waals surface area contributed by atoms with Crippen LogP contribution in [-0.4, -0.2) is 30.2 Å². The molecule has 0 bridgehead atoms. The first-order chi connectivity index (χ1) is 6.27. The first kappa shape index (κ1) is 11.0. The predicted molar refractivity (Wildman–Crippen MR) is 50.2 cm³/mol. The Morgan fingerprint density at radius 3 is 2.46 bits per heavy atom. The summed E-state index contributed by atoms with van der Waals surface area (Å²) < 4.78 is 4.82. The predicted octanol–water partition coefficient (Wildman–Crippen LogP) is 1.14. The second-order valence-corrected chi connectivity index (χ2v) is 3.91. The van der Waals surface area contributed by atoms with E-state index in [-0.39, 0.29) is 6.61 Å². The third-order valence-corrected chi connectivity index (χ3v) is 3.08. The molecule has 3 heteroatoms. The highest BCUT2D eigenvalue weighted by atomic mass is 16.6. The summed E-state index contributed by atoms with van der Waals surface area (Å²) in [5, 5.41) is 18.4. The molecule has 0 aromatic carbocycles. The SMILES string of the molecule is COC(O)C[C@H]1CCCC[C@@H]1CO. The number of aliphatic hydroxyl groups excluding tert-OH is 2. The largest absolute Gasteiger partial charge is 0.396 e. The van der Waals surface area contributed by atoms with Crippen molar-refractivity contribution in [3.63, 3.8) is 0 Å². The van der Waals surface area contributed by atoms with E-state index in [4.69, 9.17) is 9.84 Å². The minimum Gasteiger partial charge on any atom is -0.396 e. The molecule has 1 unspecified atom stereocenters. The van der Waals surface area contributed by atoms with Gasteiger partial charge in [-0.1, -0.05) is 12.8 Å². The zero-order valence-electron chi connectivity index (χ0n) is 8.28. The van der Waals surface area contributed by atoms with Crippen molar-refractivity contribution >= 4 is 0 Å². The molecule has 0 saturated heterocycles. The lowest BCUT2D eigenvalue weighted by molar-refractivity contribution is -0.0960. The maximum absolute atomic E-state index is 9.32. The number of methoxy groups -OCH3 is 1. The van der Waals surface area contributed by atoms with Gasteiger partial charge in [-0.25, -0.2) is 0 Å². The molecule has 78 valence electrons. The molecule has 0 aliphatic heterocycles. The molecule has 0 radical (unpaired) electrons. The molecule has 1 fully saturated rings. The van der Waals surface area contributed by atoms with E-state index in [1.807, 2.05) is 0 Å². The molecule has 0 aromatic heterocycles. The van der Waals surface area contributed by atoms with E-state index in [9.17, 15) is 5.11 Å². The van der Waals surface area contributed by atoms with Gasteiger partial charge in [-0.15, -0.1) is 0 Å². The van der Waals surface area contributed by atoms with Crippen LogP contribution in [0.25, 0.3) is 0 Å². The van der Waals surface area contributed by atoms with E-state index >= 15 is 0 Å². The summed E-state index contributed by atoms with van der Waals surface area (Å²) in [6.07, 6.45) is 4.66. The molecule has 13 heavy (non-hydrogen) atoms. The summed E-state index contributed by atoms with van der Waals surface area (Å²) in [5.74, 6) is 0.812. The van der Waals surface area contributed by atoms with Gasteiger partial charge >= 0.3 is 0 Å². The van der Waals surface area contributed by atoms with Gasteiger partial charge < -0.3 is 14.9 Å². The van der Waals surface area contributed by atoms with Crippen LogP contribution >= 0.6 is 0 Å². The molecule has 1 saturated carbocycles. The quantitative estimate of drug-likeness (QED) is 0.650. The summed E-state index contributed by atoms with van der Waals surface area (Å²) in [6, 6.07) is 0. The fourth-order valence-corrected chi connectivity index (χ4v) is 2.19. The van der Waals surface area contributed by atoms with Gasteiger partial charge in [0.15, 0.2) is 6.29 Å². The van der Waals surface area contributed by atoms with Gasteiger partial charge in [-0.05, 0) is 24.7 Å². The van der Waals surface area contributed by atoms with Gasteiger partial charge in [-0.3, -0.25) is 0 Å². The van der Waals surface area contributed by atoms with Gasteiger partial charge in [0.25, 0.3) is 0 Å². The zero-order chi connectivity index (χ0) is 9.68. The molecule has 0 aromatic rings. The second kappa shape index (κ2) is 5.58. The molecule has 2 N–H and O–H groups in total. The van der Waals surface area contributed by atoms with Gasteiger partial charge in [0.2, 0.25) is 0 Å². The van der Waals surface area contributed by atoms with Crippen molar-refractivity contribution in [3.8, 4) is 0 Å². The van der Waals surface area contributed by atoms with Crippen LogP contribution in [0.3, 0.4) is 0 Å². The number of ether oxygens (including phenoxy) is 1. The zero-order valence-corrected chi connectivity index (χ0v) is 8.28. The van der Waals surface area contributed by atoms with Gasteiger partial charge in [0.1, 0.15) is 0 Å². The molecule has 0 amide bonds. The Bertz CT molecular complexity index is 138. The lowest BCUT2D eigenvalue weighted by Crippen LogP contribution is -2.27. The highest BCUT2D eigenvalue weighted by Crippen LogP contribution is 2.32. The standard InChI is InChI=1S/C10H20O3/c1-13-10(12)6-8-4-2-3-5-9(8)7-11/h8-12H,2-7H2,1H3/t8-,9-,10?/m1/s1. The number of hydrogen-bond acceptors (Lipinski definition) is 3. The Morgan fingerprint density at radius 1 is 1.31 bits per heavy atom. The van der Waals surface area contributed by atoms with Gasteiger partial charge in [0.05, 0.1) is 0 Å². The van der Waals surface area contributed by atoms with Gasteiger partial charge in [-0.2, -0.15) is 0 Å². The van der Waals surface area contributed by atoms with Crippen LogP contribution in [0, 0.1) is 11.8 Å². The first-order valence-electron chi connectivity index (χ1n) is 5.09. The summed E-state index contributed by atoms with van der Waals surface area (Å²) in [5.41, 5.74) is 0. The van der Waals surface area contributed by atoms with Crippen molar-refractivity contribution in [2.24, 2.45) is 11.8 Å². The molecule has 3 nitrogen and oxygen atoms in total. The van der Waals surface area contributed by atoms with Crippen molar-refractivity contribution in [2.75, 3.05) is 13.7 Å². The van der Waals surface area contributed by atoms with E-state index in [2.05, 4.69) is 0 Å². The third-order valence-electron chi connectivity index (χ3n) is 3.08. The van der Waals surface area contributed by atoms with E-state index in [0.717, 1.165) is 12.8 Å². The van der Waals surface area contributed by atoms with Crippen LogP contribution in [0.4, 0.5) is 0 Å². The summed E-state index contributed by atoms with van der Waals surface area (Å²) >= 11 is 0. The number of rotatable bonds is 4. The summed E-state index contributed by atoms with van der Waals surface area (Å²) in [4.78, 5) is 0. The lowest BCUT2D eigenvalue weighted by Gasteiger charge is -2.31. The Kier molecular flexibility index (Phi) is 4.70. The van der Waals surface area contributed by atoms with Crippen LogP contribution in [0.2, 0.25) is 0 Å². The molecular weight excluding hydrogens is 168 g/mol. The van der Waals surface area contributed by atoms with Crippen molar-refractivity contribution in [1.82, 2.24) is 0 Å². The average molecular weight is 188 g/mol. The molecule has 1 aliphatic rings. The minimum atomic E-state index is -0.655. The van der Waals surface area contributed by atoms with Crippen molar-refractivity contribution < 1.29 is 14.9 Å². The normalized spacial score (nSPS) is 31.6. The molecular formula is C10H20O3. The average Bonchev–Trinajstić information content (AvgIpc) is 2.18. The monoisotopic (exact) mass is 188 g/mol. The van der Waals surface area contributed by atoms with Crippen LogP contribution in [0.1, 0.15) is 32.1 Å². The van der Waals surface area contributed by atoms with Crippen molar-refractivity contribution in [3.05, 3.63) is 0 Å². The highest BCUT2D eigenvalue weighted by molar-refractivity contribution is 4.75. The fourth-order valence-electron chi connectivity index (χ4n) is 2.19. The smallest absolute Gasteiger partial charge is 0.154 e. The fraction of sp³-hybridized carbons (Fsp3) is 1.00. The Morgan fingerprint density at radius 2 is 1.92 bits per heavy atom. The lowest BCUT2D eigenvalue weighted by atomic mass is 9.78. The second-order valence-electron chi connectivity index (χ2n) is 3.91. The summed E-state index contributed by atoms with van der Waals surface area (Å²) in [7, 11) is 1.52. The minimum absolute atomic E-state index is 0.251. The first-order valence-corrected chi connectivity index (χ1v) is 5.09. The van der Waals surface area contributed by atoms with Crippen LogP contribution < -0.4 is 0 Å². The Labute approximate surface area is 79.7 Å². The molecule has 3 atom stereocenters. The van der Waals surface area contributed by atoms with Crippen molar-refractivity contribution in [2.45, 2.75) is 38.4 Å². The highest BCUT2D eigenvalue weighted by Gasteiger charge is 2.26. The van der Waals surface area contributed by atoms with Crippen LogP contribution in [0.15, 0.2) is 0 Å². The molecule has 0 spiro atoms. The van der Waals surface area contributed by atoms with Gasteiger partial charge in [0, 0.05) is 20.1 Å². The molecule has 1 aliphatic carbocycles. The Balaban J connectivity index is 2.35. The van der Waals surface area contributed by atoms with E-state index < -0.39 is 6.29 Å². The Hall–Kier alpha value is -0.120. The maximum Gasteiger partial charge on any atom is 0.154 e. The summed E-state index contributed by atoms with van der Waals surface area (Å²) in [6.45, 7) is 0.251. The molecule has 0 heterocycles. The van der Waals surface area contributed by atoms with E-state index in [1.165, 1.54) is 20.0 Å². The van der Waals surface area contributed by atoms with Crippen LogP contribution in [0.5, 0.6) is 0 Å². The maximum atomic E-state index is 9.32.